The van der Waals surface area contributed by atoms with Crippen LogP contribution in [-0.4, -0.2) is 53.9 Å². The van der Waals surface area contributed by atoms with Crippen LogP contribution in [-0.2, 0) is 26.5 Å². The number of anilines is 2. The second kappa shape index (κ2) is 7.77. The molecule has 0 spiro atoms. The van der Waals surface area contributed by atoms with E-state index in [2.05, 4.69) is 5.32 Å². The maximum Gasteiger partial charge on any atom is 0.255 e. The summed E-state index contributed by atoms with van der Waals surface area (Å²) in [6, 6.07) is 10.9. The molecule has 8 nitrogen and oxygen atoms in total. The normalized spacial score (nSPS) is 14.6. The van der Waals surface area contributed by atoms with Crippen LogP contribution in [0.4, 0.5) is 11.4 Å². The van der Waals surface area contributed by atoms with E-state index in [1.54, 1.807) is 18.2 Å². The van der Waals surface area contributed by atoms with Crippen molar-refractivity contribution in [2.24, 2.45) is 0 Å². The molecule has 0 aromatic heterocycles. The van der Waals surface area contributed by atoms with Gasteiger partial charge in [0.1, 0.15) is 0 Å². The molecule has 3 rings (SSSR count). The number of benzene rings is 2. The molecule has 1 amide bonds. The highest BCUT2D eigenvalue weighted by atomic mass is 32.2. The van der Waals surface area contributed by atoms with Crippen molar-refractivity contribution in [3.8, 4) is 0 Å². The third kappa shape index (κ3) is 4.44. The van der Waals surface area contributed by atoms with Crippen molar-refractivity contribution in [2.75, 3.05) is 36.5 Å². The number of rotatable bonds is 5. The molecule has 10 heteroatoms. The molecule has 156 valence electrons. The van der Waals surface area contributed by atoms with Crippen LogP contribution in [0.2, 0.25) is 0 Å². The van der Waals surface area contributed by atoms with Gasteiger partial charge in [0.05, 0.1) is 16.8 Å². The Kier molecular flexibility index (Phi) is 5.70. The van der Waals surface area contributed by atoms with Gasteiger partial charge in [0, 0.05) is 31.9 Å². The lowest BCUT2D eigenvalue weighted by atomic mass is 10.0. The molecule has 0 saturated heterocycles. The van der Waals surface area contributed by atoms with Gasteiger partial charge in [-0.1, -0.05) is 0 Å². The molecule has 0 saturated carbocycles. The average Bonchev–Trinajstić information content (AvgIpc) is 2.66. The predicted octanol–water partition coefficient (Wildman–Crippen LogP) is 1.90. The topological polar surface area (TPSA) is 104 Å². The van der Waals surface area contributed by atoms with Crippen LogP contribution in [0, 0.1) is 0 Å². The van der Waals surface area contributed by atoms with Gasteiger partial charge < -0.3 is 5.32 Å². The van der Waals surface area contributed by atoms with Crippen molar-refractivity contribution in [3.05, 3.63) is 53.6 Å². The summed E-state index contributed by atoms with van der Waals surface area (Å²) < 4.78 is 50.6. The molecule has 2 aromatic rings. The van der Waals surface area contributed by atoms with Crippen molar-refractivity contribution < 1.29 is 21.6 Å². The molecular formula is C19H23N3O5S2. The van der Waals surface area contributed by atoms with Gasteiger partial charge in [-0.2, -0.15) is 0 Å². The summed E-state index contributed by atoms with van der Waals surface area (Å²) in [4.78, 5) is 12.7. The molecule has 0 unspecified atom stereocenters. The zero-order valence-corrected chi connectivity index (χ0v) is 18.0. The molecule has 1 aliphatic heterocycles. The lowest BCUT2D eigenvalue weighted by Crippen LogP contribution is -2.34. The monoisotopic (exact) mass is 437 g/mol. The van der Waals surface area contributed by atoms with Crippen molar-refractivity contribution in [1.82, 2.24) is 4.31 Å². The number of aryl methyl sites for hydroxylation is 1. The number of nitrogens with one attached hydrogen (secondary N) is 1. The minimum absolute atomic E-state index is 0.134. The van der Waals surface area contributed by atoms with E-state index >= 15 is 0 Å². The summed E-state index contributed by atoms with van der Waals surface area (Å²) in [5, 5.41) is 2.74. The highest BCUT2D eigenvalue weighted by Gasteiger charge is 2.24. The maximum atomic E-state index is 12.6. The lowest BCUT2D eigenvalue weighted by molar-refractivity contribution is 0.102. The molecule has 2 aromatic carbocycles. The van der Waals surface area contributed by atoms with Gasteiger partial charge in [0.25, 0.3) is 5.91 Å². The van der Waals surface area contributed by atoms with Crippen LogP contribution in [0.25, 0.3) is 0 Å². The highest BCUT2D eigenvalue weighted by Crippen LogP contribution is 2.30. The molecule has 1 aliphatic rings. The van der Waals surface area contributed by atoms with E-state index < -0.39 is 20.0 Å². The molecule has 0 bridgehead atoms. The van der Waals surface area contributed by atoms with E-state index in [1.165, 1.54) is 48.9 Å². The largest absolute Gasteiger partial charge is 0.322 e. The Hall–Kier alpha value is -2.43. The number of amides is 1. The van der Waals surface area contributed by atoms with Crippen LogP contribution in [0.15, 0.2) is 47.4 Å². The van der Waals surface area contributed by atoms with Crippen molar-refractivity contribution in [3.63, 3.8) is 0 Å². The summed E-state index contributed by atoms with van der Waals surface area (Å²) in [5.41, 5.74) is 2.28. The fourth-order valence-electron chi connectivity index (χ4n) is 3.17. The van der Waals surface area contributed by atoms with Gasteiger partial charge in [0.15, 0.2) is 0 Å². The minimum Gasteiger partial charge on any atom is -0.322 e. The molecule has 0 fully saturated rings. The Morgan fingerprint density at radius 1 is 1.03 bits per heavy atom. The standard InChI is InChI=1S/C19H23N3O5S2/c1-21(2)29(26,27)17-9-7-16(8-10-17)20-19(23)15-6-11-18-14(13-15)5-4-12-22(18)28(3,24)25/h6-11,13H,4-5,12H2,1-3H3,(H,20,23). The fourth-order valence-corrected chi connectivity index (χ4v) is 5.07. The van der Waals surface area contributed by atoms with Crippen molar-refractivity contribution >= 4 is 37.3 Å². The summed E-state index contributed by atoms with van der Waals surface area (Å²) >= 11 is 0. The SMILES string of the molecule is CN(C)S(=O)(=O)c1ccc(NC(=O)c2ccc3c(c2)CCCN3S(C)(=O)=O)cc1. The van der Waals surface area contributed by atoms with Gasteiger partial charge in [-0.25, -0.2) is 21.1 Å². The molecular weight excluding hydrogens is 414 g/mol. The van der Waals surface area contributed by atoms with Crippen LogP contribution in [0.3, 0.4) is 0 Å². The van der Waals surface area contributed by atoms with Crippen molar-refractivity contribution in [2.45, 2.75) is 17.7 Å². The van der Waals surface area contributed by atoms with Gasteiger partial charge in [-0.15, -0.1) is 0 Å². The summed E-state index contributed by atoms with van der Waals surface area (Å²) in [5.74, 6) is -0.354. The third-order valence-electron chi connectivity index (χ3n) is 4.71. The van der Waals surface area contributed by atoms with E-state index in [1.807, 2.05) is 0 Å². The summed E-state index contributed by atoms with van der Waals surface area (Å²) in [7, 11) is -4.00. The number of hydrogen-bond donors (Lipinski definition) is 1. The molecule has 1 N–H and O–H groups in total. The summed E-state index contributed by atoms with van der Waals surface area (Å²) in [6.45, 7) is 0.430. The molecule has 1 heterocycles. The Labute approximate surface area is 171 Å². The smallest absolute Gasteiger partial charge is 0.255 e. The zero-order chi connectivity index (χ0) is 21.4. The maximum absolute atomic E-state index is 12.6. The molecule has 0 aliphatic carbocycles. The van der Waals surface area contributed by atoms with Gasteiger partial charge in [-0.05, 0) is 60.9 Å². The second-order valence-corrected chi connectivity index (χ2v) is 11.1. The van der Waals surface area contributed by atoms with E-state index in [0.29, 0.717) is 36.3 Å². The number of carbonyl (C=O) groups excluding carboxylic acids is 1. The van der Waals surface area contributed by atoms with Crippen LogP contribution < -0.4 is 9.62 Å². The minimum atomic E-state index is -3.54. The Morgan fingerprint density at radius 3 is 2.28 bits per heavy atom. The molecule has 29 heavy (non-hydrogen) atoms. The van der Waals surface area contributed by atoms with E-state index in [0.717, 1.165) is 9.87 Å². The molecule has 0 atom stereocenters. The predicted molar refractivity (Wildman–Crippen MR) is 112 cm³/mol. The quantitative estimate of drug-likeness (QED) is 0.769. The average molecular weight is 438 g/mol. The molecule has 0 radical (unpaired) electrons. The first kappa shape index (κ1) is 21.3. The van der Waals surface area contributed by atoms with E-state index in [9.17, 15) is 21.6 Å². The van der Waals surface area contributed by atoms with Crippen LogP contribution in [0.5, 0.6) is 0 Å². The zero-order valence-electron chi connectivity index (χ0n) is 16.4. The number of nitrogens with zero attached hydrogens (tertiary/aromatic N) is 2. The number of sulfonamides is 2. The van der Waals surface area contributed by atoms with Crippen molar-refractivity contribution in [1.29, 1.82) is 0 Å². The Morgan fingerprint density at radius 2 is 1.69 bits per heavy atom. The van der Waals surface area contributed by atoms with Gasteiger partial charge in [0.2, 0.25) is 20.0 Å². The van der Waals surface area contributed by atoms with Crippen LogP contribution in [0.1, 0.15) is 22.3 Å². The number of hydrogen-bond acceptors (Lipinski definition) is 5. The number of carbonyl (C=O) groups is 1. The van der Waals surface area contributed by atoms with Gasteiger partial charge in [-0.3, -0.25) is 9.10 Å². The first-order valence-electron chi connectivity index (χ1n) is 8.95. The number of fused-ring (bicyclic) bond motifs is 1. The fraction of sp³-hybridized carbons (Fsp3) is 0.316. The van der Waals surface area contributed by atoms with E-state index in [-0.39, 0.29) is 10.8 Å². The van der Waals surface area contributed by atoms with Crippen LogP contribution >= 0.6 is 0 Å². The lowest BCUT2D eigenvalue weighted by Gasteiger charge is -2.29. The highest BCUT2D eigenvalue weighted by molar-refractivity contribution is 7.92. The van der Waals surface area contributed by atoms with E-state index in [4.69, 9.17) is 0 Å². The Bertz CT molecular complexity index is 1140. The first-order chi connectivity index (χ1) is 13.5. The second-order valence-electron chi connectivity index (χ2n) is 7.05. The third-order valence-corrected chi connectivity index (χ3v) is 7.72. The van der Waals surface area contributed by atoms with Gasteiger partial charge >= 0.3 is 0 Å². The summed E-state index contributed by atoms with van der Waals surface area (Å²) in [6.07, 6.45) is 2.55. The Balaban J connectivity index is 1.80. The first-order valence-corrected chi connectivity index (χ1v) is 12.2.